The molecule has 0 fully saturated rings. The number of carbonyl (C=O) groups excluding carboxylic acids is 2. The van der Waals surface area contributed by atoms with E-state index in [4.69, 9.17) is 9.47 Å². The third-order valence-electron chi connectivity index (χ3n) is 1.71. The Morgan fingerprint density at radius 1 is 1.25 bits per heavy atom. The van der Waals surface area contributed by atoms with Crippen molar-refractivity contribution in [2.24, 2.45) is 5.41 Å². The fourth-order valence-electron chi connectivity index (χ4n) is 0.675. The van der Waals surface area contributed by atoms with E-state index in [1.165, 1.54) is 0 Å². The fraction of sp³-hybridized carbons (Fsp3) is 0.667. The van der Waals surface area contributed by atoms with Crippen LogP contribution in [0.2, 0.25) is 0 Å². The van der Waals surface area contributed by atoms with Crippen molar-refractivity contribution in [2.75, 3.05) is 6.61 Å². The van der Waals surface area contributed by atoms with E-state index >= 15 is 0 Å². The van der Waals surface area contributed by atoms with Crippen LogP contribution >= 0.6 is 0 Å². The first-order valence-electron chi connectivity index (χ1n) is 5.34. The van der Waals surface area contributed by atoms with E-state index in [9.17, 15) is 9.59 Å². The molecule has 0 aromatic rings. The summed E-state index contributed by atoms with van der Waals surface area (Å²) in [5.74, 6) is -0.835. The van der Waals surface area contributed by atoms with Crippen LogP contribution < -0.4 is 0 Å². The molecule has 16 heavy (non-hydrogen) atoms. The third kappa shape index (κ3) is 5.53. The molecule has 92 valence electrons. The number of hydrogen-bond donors (Lipinski definition) is 0. The second kappa shape index (κ2) is 6.30. The lowest BCUT2D eigenvalue weighted by molar-refractivity contribution is -0.147. The largest absolute Gasteiger partial charge is 0.462 e. The van der Waals surface area contributed by atoms with Crippen LogP contribution in [0.15, 0.2) is 11.8 Å². The van der Waals surface area contributed by atoms with Gasteiger partial charge in [0.2, 0.25) is 0 Å². The van der Waals surface area contributed by atoms with Gasteiger partial charge in [-0.15, -0.1) is 0 Å². The predicted octanol–water partition coefficient (Wildman–Crippen LogP) is 2.43. The van der Waals surface area contributed by atoms with E-state index in [0.717, 1.165) is 12.7 Å². The van der Waals surface area contributed by atoms with Crippen molar-refractivity contribution in [1.82, 2.24) is 0 Å². The van der Waals surface area contributed by atoms with Gasteiger partial charge < -0.3 is 9.47 Å². The maximum absolute atomic E-state index is 11.4. The molecule has 0 aromatic carbocycles. The summed E-state index contributed by atoms with van der Waals surface area (Å²) in [6, 6.07) is 0. The molecule has 0 aliphatic rings. The highest BCUT2D eigenvalue weighted by Gasteiger charge is 2.22. The van der Waals surface area contributed by atoms with Crippen molar-refractivity contribution in [1.29, 1.82) is 0 Å². The lowest BCUT2D eigenvalue weighted by atomic mass is 9.97. The molecule has 4 heteroatoms. The summed E-state index contributed by atoms with van der Waals surface area (Å²) in [6.07, 6.45) is 1.91. The van der Waals surface area contributed by atoms with Crippen LogP contribution in [0.5, 0.6) is 0 Å². The van der Waals surface area contributed by atoms with Crippen molar-refractivity contribution in [3.8, 4) is 0 Å². The summed E-state index contributed by atoms with van der Waals surface area (Å²) in [7, 11) is 0. The van der Waals surface area contributed by atoms with Crippen LogP contribution in [0.1, 0.15) is 41.0 Å². The Balaban J connectivity index is 4.24. The summed E-state index contributed by atoms with van der Waals surface area (Å²) in [6.45, 7) is 9.06. The molecule has 0 aliphatic heterocycles. The van der Waals surface area contributed by atoms with Crippen LogP contribution in [0.25, 0.3) is 0 Å². The fourth-order valence-corrected chi connectivity index (χ4v) is 0.675. The first-order valence-corrected chi connectivity index (χ1v) is 5.34. The van der Waals surface area contributed by atoms with Crippen molar-refractivity contribution in [2.45, 2.75) is 41.0 Å². The first kappa shape index (κ1) is 14.7. The zero-order chi connectivity index (χ0) is 12.8. The number of ether oxygens (including phenoxy) is 2. The smallest absolute Gasteiger partial charge is 0.336 e. The second-order valence-electron chi connectivity index (χ2n) is 4.59. The van der Waals surface area contributed by atoms with E-state index in [0.29, 0.717) is 6.61 Å². The topological polar surface area (TPSA) is 52.6 Å². The van der Waals surface area contributed by atoms with Crippen LogP contribution in [0, 0.1) is 5.41 Å². The Morgan fingerprint density at radius 2 is 1.81 bits per heavy atom. The molecular formula is C12H20O4. The van der Waals surface area contributed by atoms with E-state index in [-0.39, 0.29) is 11.5 Å². The van der Waals surface area contributed by atoms with E-state index in [2.05, 4.69) is 0 Å². The van der Waals surface area contributed by atoms with Gasteiger partial charge in [-0.05, 0) is 34.1 Å². The van der Waals surface area contributed by atoms with Crippen molar-refractivity contribution < 1.29 is 19.1 Å². The maximum Gasteiger partial charge on any atom is 0.336 e. The minimum Gasteiger partial charge on any atom is -0.462 e. The van der Waals surface area contributed by atoms with Gasteiger partial charge in [-0.1, -0.05) is 6.92 Å². The van der Waals surface area contributed by atoms with Gasteiger partial charge in [-0.2, -0.15) is 0 Å². The summed E-state index contributed by atoms with van der Waals surface area (Å²) in [5, 5.41) is 0. The molecule has 0 saturated heterocycles. The highest BCUT2D eigenvalue weighted by atomic mass is 16.5. The summed E-state index contributed by atoms with van der Waals surface area (Å²) in [4.78, 5) is 22.7. The molecule has 0 aromatic heterocycles. The van der Waals surface area contributed by atoms with Crippen molar-refractivity contribution in [3.05, 3.63) is 11.8 Å². The molecule has 0 atom stereocenters. The van der Waals surface area contributed by atoms with Gasteiger partial charge in [-0.25, -0.2) is 4.79 Å². The molecule has 4 nitrogen and oxygen atoms in total. The van der Waals surface area contributed by atoms with Crippen LogP contribution in [0.4, 0.5) is 0 Å². The lowest BCUT2D eigenvalue weighted by Gasteiger charge is -2.14. The molecule has 0 unspecified atom stereocenters. The molecule has 0 radical (unpaired) electrons. The van der Waals surface area contributed by atoms with Gasteiger partial charge in [0.15, 0.2) is 0 Å². The SMILES string of the molecule is CCCOC(=O)C(C)=COC(=O)C(C)(C)C. The molecule has 0 spiro atoms. The summed E-state index contributed by atoms with van der Waals surface area (Å²) >= 11 is 0. The highest BCUT2D eigenvalue weighted by Crippen LogP contribution is 2.15. The average Bonchev–Trinajstić information content (AvgIpc) is 2.20. The quantitative estimate of drug-likeness (QED) is 0.421. The van der Waals surface area contributed by atoms with Gasteiger partial charge in [-0.3, -0.25) is 4.79 Å². The highest BCUT2D eigenvalue weighted by molar-refractivity contribution is 5.88. The lowest BCUT2D eigenvalue weighted by Crippen LogP contribution is -2.21. The number of hydrogen-bond acceptors (Lipinski definition) is 4. The van der Waals surface area contributed by atoms with Crippen LogP contribution in [0.3, 0.4) is 0 Å². The Morgan fingerprint density at radius 3 is 2.25 bits per heavy atom. The van der Waals surface area contributed by atoms with Crippen molar-refractivity contribution >= 4 is 11.9 Å². The zero-order valence-corrected chi connectivity index (χ0v) is 10.6. The first-order chi connectivity index (χ1) is 7.29. The zero-order valence-electron chi connectivity index (χ0n) is 10.6. The number of esters is 2. The minimum absolute atomic E-state index is 0.283. The molecule has 0 rings (SSSR count). The molecule has 0 bridgehead atoms. The van der Waals surface area contributed by atoms with Crippen molar-refractivity contribution in [3.63, 3.8) is 0 Å². The van der Waals surface area contributed by atoms with Gasteiger partial charge >= 0.3 is 11.9 Å². The number of rotatable bonds is 4. The van der Waals surface area contributed by atoms with Crippen LogP contribution in [-0.2, 0) is 19.1 Å². The summed E-state index contributed by atoms with van der Waals surface area (Å²) < 4.78 is 9.74. The molecule has 0 amide bonds. The van der Waals surface area contributed by atoms with E-state index in [1.54, 1.807) is 27.7 Å². The number of carbonyl (C=O) groups is 2. The van der Waals surface area contributed by atoms with Gasteiger partial charge in [0.05, 0.1) is 17.6 Å². The van der Waals surface area contributed by atoms with Gasteiger partial charge in [0, 0.05) is 0 Å². The van der Waals surface area contributed by atoms with Crippen LogP contribution in [-0.4, -0.2) is 18.5 Å². The third-order valence-corrected chi connectivity index (χ3v) is 1.71. The Bertz CT molecular complexity index is 284. The Hall–Kier alpha value is -1.32. The maximum atomic E-state index is 11.4. The molecular weight excluding hydrogens is 208 g/mol. The Kier molecular flexibility index (Phi) is 5.78. The van der Waals surface area contributed by atoms with E-state index < -0.39 is 11.4 Å². The molecule has 0 heterocycles. The minimum atomic E-state index is -0.579. The normalized spacial score (nSPS) is 12.2. The average molecular weight is 228 g/mol. The molecule has 0 saturated carbocycles. The second-order valence-corrected chi connectivity index (χ2v) is 4.59. The predicted molar refractivity (Wildman–Crippen MR) is 60.6 cm³/mol. The molecule has 0 N–H and O–H groups in total. The summed E-state index contributed by atoms with van der Waals surface area (Å²) in [5.41, 5.74) is -0.296. The van der Waals surface area contributed by atoms with E-state index in [1.807, 2.05) is 6.92 Å². The van der Waals surface area contributed by atoms with Gasteiger partial charge in [0.25, 0.3) is 0 Å². The monoisotopic (exact) mass is 228 g/mol. The van der Waals surface area contributed by atoms with Gasteiger partial charge in [0.1, 0.15) is 6.26 Å². The standard InChI is InChI=1S/C12H20O4/c1-6-7-15-10(13)9(2)8-16-11(14)12(3,4)5/h8H,6-7H2,1-5H3. The molecule has 0 aliphatic carbocycles. The Labute approximate surface area is 96.6 Å².